The van der Waals surface area contributed by atoms with E-state index in [-0.39, 0.29) is 16.9 Å². The predicted octanol–water partition coefficient (Wildman–Crippen LogP) is 1.05. The number of primary amides is 2. The van der Waals surface area contributed by atoms with Crippen LogP contribution in [0, 0.1) is 10.1 Å². The topological polar surface area (TPSA) is 142 Å². The lowest BCUT2D eigenvalue weighted by atomic mass is 10.0. The molecule has 0 bridgehead atoms. The lowest BCUT2D eigenvalue weighted by molar-refractivity contribution is -0.402. The number of carbonyl (C=O) groups excluding carboxylic acids is 2. The molecule has 1 aromatic heterocycles. The van der Waals surface area contributed by atoms with Gasteiger partial charge in [-0.05, 0) is 17.7 Å². The van der Waals surface area contributed by atoms with Crippen LogP contribution in [-0.2, 0) is 0 Å². The summed E-state index contributed by atoms with van der Waals surface area (Å²) >= 11 is 0. The number of nitro groups is 1. The molecular weight excluding hydrogens is 266 g/mol. The maximum absolute atomic E-state index is 11.3. The normalized spacial score (nSPS) is 10.2. The van der Waals surface area contributed by atoms with Crippen molar-refractivity contribution in [3.8, 4) is 11.1 Å². The Morgan fingerprint density at radius 2 is 1.85 bits per heavy atom. The van der Waals surface area contributed by atoms with Gasteiger partial charge in [-0.25, -0.2) is 0 Å². The Labute approximate surface area is 112 Å². The van der Waals surface area contributed by atoms with E-state index >= 15 is 0 Å². The van der Waals surface area contributed by atoms with Gasteiger partial charge in [-0.1, -0.05) is 12.1 Å². The van der Waals surface area contributed by atoms with Gasteiger partial charge >= 0.3 is 5.88 Å². The third-order valence-corrected chi connectivity index (χ3v) is 2.58. The zero-order valence-electron chi connectivity index (χ0n) is 10.0. The number of hydrogen-bond donors (Lipinski definition) is 2. The van der Waals surface area contributed by atoms with Crippen LogP contribution in [0.4, 0.5) is 5.88 Å². The van der Waals surface area contributed by atoms with Crippen molar-refractivity contribution in [1.29, 1.82) is 0 Å². The lowest BCUT2D eigenvalue weighted by Gasteiger charge is -2.01. The molecule has 8 nitrogen and oxygen atoms in total. The van der Waals surface area contributed by atoms with Crippen LogP contribution in [0.2, 0.25) is 0 Å². The van der Waals surface area contributed by atoms with Gasteiger partial charge in [0.05, 0.1) is 6.07 Å². The fraction of sp³-hybridized carbons (Fsp3) is 0. The number of nitrogens with two attached hydrogens (primary N) is 2. The highest BCUT2D eigenvalue weighted by Crippen LogP contribution is 2.31. The van der Waals surface area contributed by atoms with E-state index in [1.807, 2.05) is 0 Å². The molecule has 1 aromatic carbocycles. The van der Waals surface area contributed by atoms with Gasteiger partial charge in [-0.2, -0.15) is 0 Å². The molecule has 0 atom stereocenters. The molecule has 0 spiro atoms. The summed E-state index contributed by atoms with van der Waals surface area (Å²) in [5, 5.41) is 10.7. The Morgan fingerprint density at radius 1 is 1.15 bits per heavy atom. The van der Waals surface area contributed by atoms with Gasteiger partial charge in [0, 0.05) is 11.1 Å². The monoisotopic (exact) mass is 275 g/mol. The average Bonchev–Trinajstić information content (AvgIpc) is 2.84. The first-order valence-electron chi connectivity index (χ1n) is 5.38. The van der Waals surface area contributed by atoms with Gasteiger partial charge < -0.3 is 15.9 Å². The Kier molecular flexibility index (Phi) is 3.21. The minimum atomic E-state index is -0.947. The van der Waals surface area contributed by atoms with Gasteiger partial charge in [0.15, 0.2) is 0 Å². The Hall–Kier alpha value is -3.16. The molecule has 2 aromatic rings. The lowest BCUT2D eigenvalue weighted by Crippen LogP contribution is -2.12. The molecule has 0 saturated heterocycles. The number of benzene rings is 1. The molecule has 1 heterocycles. The van der Waals surface area contributed by atoms with E-state index in [9.17, 15) is 19.7 Å². The van der Waals surface area contributed by atoms with Crippen molar-refractivity contribution < 1.29 is 18.9 Å². The average molecular weight is 275 g/mol. The Morgan fingerprint density at radius 3 is 2.40 bits per heavy atom. The van der Waals surface area contributed by atoms with Crippen LogP contribution in [0.25, 0.3) is 11.1 Å². The van der Waals surface area contributed by atoms with Crippen LogP contribution in [0.1, 0.15) is 20.9 Å². The molecule has 0 fully saturated rings. The molecule has 0 aliphatic heterocycles. The first-order valence-corrected chi connectivity index (χ1v) is 5.38. The minimum absolute atomic E-state index is 0.132. The number of nitrogens with zero attached hydrogens (tertiary/aromatic N) is 1. The van der Waals surface area contributed by atoms with E-state index < -0.39 is 22.6 Å². The second kappa shape index (κ2) is 4.84. The summed E-state index contributed by atoms with van der Waals surface area (Å²) in [6.45, 7) is 0. The van der Waals surface area contributed by atoms with Crippen molar-refractivity contribution in [2.24, 2.45) is 11.5 Å². The highest BCUT2D eigenvalue weighted by molar-refractivity contribution is 5.99. The SMILES string of the molecule is NC(=O)c1cccc(-c2cc([N+](=O)[O-])oc2C(N)=O)c1. The number of carbonyl (C=O) groups is 2. The number of furan rings is 1. The second-order valence-corrected chi connectivity index (χ2v) is 3.89. The van der Waals surface area contributed by atoms with Gasteiger partial charge in [0.2, 0.25) is 11.7 Å². The van der Waals surface area contributed by atoms with Crippen molar-refractivity contribution in [3.63, 3.8) is 0 Å². The summed E-state index contributed by atoms with van der Waals surface area (Å²) in [5.41, 5.74) is 11.0. The molecule has 102 valence electrons. The predicted molar refractivity (Wildman–Crippen MR) is 67.8 cm³/mol. The molecule has 0 unspecified atom stereocenters. The molecule has 0 saturated carbocycles. The summed E-state index contributed by atoms with van der Waals surface area (Å²) < 4.78 is 4.80. The fourth-order valence-corrected chi connectivity index (χ4v) is 1.71. The summed E-state index contributed by atoms with van der Waals surface area (Å²) in [6.07, 6.45) is 0. The number of rotatable bonds is 4. The largest absolute Gasteiger partial charge is 0.434 e. The summed E-state index contributed by atoms with van der Waals surface area (Å²) in [5.74, 6) is -2.57. The summed E-state index contributed by atoms with van der Waals surface area (Å²) in [4.78, 5) is 32.3. The maximum atomic E-state index is 11.3. The minimum Gasteiger partial charge on any atom is -0.395 e. The van der Waals surface area contributed by atoms with E-state index in [1.165, 1.54) is 18.2 Å². The highest BCUT2D eigenvalue weighted by atomic mass is 16.6. The molecule has 0 aliphatic carbocycles. The molecule has 2 amide bonds. The van der Waals surface area contributed by atoms with E-state index in [0.717, 1.165) is 6.07 Å². The third-order valence-electron chi connectivity index (χ3n) is 2.58. The third kappa shape index (κ3) is 2.34. The van der Waals surface area contributed by atoms with Crippen LogP contribution in [0.15, 0.2) is 34.7 Å². The highest BCUT2D eigenvalue weighted by Gasteiger charge is 2.23. The molecule has 0 aliphatic rings. The number of hydrogen-bond acceptors (Lipinski definition) is 5. The molecule has 8 heteroatoms. The van der Waals surface area contributed by atoms with E-state index in [0.29, 0.717) is 5.56 Å². The van der Waals surface area contributed by atoms with Crippen LogP contribution < -0.4 is 11.5 Å². The summed E-state index contributed by atoms with van der Waals surface area (Å²) in [7, 11) is 0. The zero-order valence-corrected chi connectivity index (χ0v) is 10.0. The van der Waals surface area contributed by atoms with Crippen LogP contribution in [0.5, 0.6) is 0 Å². The van der Waals surface area contributed by atoms with Crippen LogP contribution in [-0.4, -0.2) is 16.7 Å². The van der Waals surface area contributed by atoms with Crippen molar-refractivity contribution >= 4 is 17.7 Å². The summed E-state index contributed by atoms with van der Waals surface area (Å²) in [6, 6.07) is 7.01. The smallest absolute Gasteiger partial charge is 0.395 e. The van der Waals surface area contributed by atoms with Gasteiger partial charge in [0.25, 0.3) is 5.91 Å². The molecule has 0 radical (unpaired) electrons. The fourth-order valence-electron chi connectivity index (χ4n) is 1.71. The van der Waals surface area contributed by atoms with E-state index in [1.54, 1.807) is 6.07 Å². The number of amides is 2. The van der Waals surface area contributed by atoms with Crippen molar-refractivity contribution in [1.82, 2.24) is 0 Å². The zero-order chi connectivity index (χ0) is 14.9. The van der Waals surface area contributed by atoms with E-state index in [2.05, 4.69) is 0 Å². The van der Waals surface area contributed by atoms with E-state index in [4.69, 9.17) is 15.9 Å². The first kappa shape index (κ1) is 13.3. The van der Waals surface area contributed by atoms with Gasteiger partial charge in [-0.3, -0.25) is 19.7 Å². The van der Waals surface area contributed by atoms with Gasteiger partial charge in [0.1, 0.15) is 4.92 Å². The quantitative estimate of drug-likeness (QED) is 0.633. The van der Waals surface area contributed by atoms with Crippen molar-refractivity contribution in [3.05, 3.63) is 51.8 Å². The molecule has 20 heavy (non-hydrogen) atoms. The second-order valence-electron chi connectivity index (χ2n) is 3.89. The van der Waals surface area contributed by atoms with Crippen LogP contribution >= 0.6 is 0 Å². The molecular formula is C12H9N3O5. The van der Waals surface area contributed by atoms with Crippen molar-refractivity contribution in [2.45, 2.75) is 0 Å². The molecule has 2 rings (SSSR count). The standard InChI is InChI=1S/C12H9N3O5/c13-11(16)7-3-1-2-6(4-7)8-5-9(15(18)19)20-10(8)12(14)17/h1-5H,(H2,13,16)(H2,14,17). The molecule has 4 N–H and O–H groups in total. The van der Waals surface area contributed by atoms with Crippen molar-refractivity contribution in [2.75, 3.05) is 0 Å². The Balaban J connectivity index is 2.62. The van der Waals surface area contributed by atoms with Crippen LogP contribution in [0.3, 0.4) is 0 Å². The first-order chi connectivity index (χ1) is 9.40. The Bertz CT molecular complexity index is 720. The maximum Gasteiger partial charge on any atom is 0.434 e. The van der Waals surface area contributed by atoms with Gasteiger partial charge in [-0.15, -0.1) is 0 Å².